The highest BCUT2D eigenvalue weighted by Crippen LogP contribution is 2.24. The Morgan fingerprint density at radius 3 is 2.78 bits per heavy atom. The Bertz CT molecular complexity index is 734. The summed E-state index contributed by atoms with van der Waals surface area (Å²) in [4.78, 5) is 22.1. The molecule has 2 N–H and O–H groups in total. The molecule has 1 aromatic heterocycles. The van der Waals surface area contributed by atoms with Gasteiger partial charge in [0.25, 0.3) is 5.91 Å². The third-order valence-electron chi connectivity index (χ3n) is 3.52. The van der Waals surface area contributed by atoms with Crippen molar-refractivity contribution in [3.8, 4) is 5.75 Å². The fraction of sp³-hybridized carbons (Fsp3) is 0.267. The number of aromatic nitrogens is 2. The Morgan fingerprint density at radius 2 is 2.04 bits per heavy atom. The van der Waals surface area contributed by atoms with Crippen LogP contribution in [0.1, 0.15) is 11.3 Å². The number of halogens is 2. The van der Waals surface area contributed by atoms with E-state index < -0.39 is 0 Å². The van der Waals surface area contributed by atoms with Gasteiger partial charge in [-0.25, -0.2) is 9.97 Å². The van der Waals surface area contributed by atoms with Crippen LogP contribution in [-0.2, 0) is 17.8 Å². The molecular formula is C15H14Cl2N4O2. The zero-order valence-corrected chi connectivity index (χ0v) is 13.6. The first-order chi connectivity index (χ1) is 11.0. The summed E-state index contributed by atoms with van der Waals surface area (Å²) in [5.41, 5.74) is 7.39. The highest BCUT2D eigenvalue weighted by atomic mass is 35.5. The van der Waals surface area contributed by atoms with Crippen molar-refractivity contribution in [1.29, 1.82) is 0 Å². The SMILES string of the molecule is Nc1ncc2c(n1)CN(C(=O)COc1cc(Cl)cc(Cl)c1)CC2. The smallest absolute Gasteiger partial charge is 0.260 e. The number of nitrogen functional groups attached to an aromatic ring is 1. The van der Waals surface area contributed by atoms with Gasteiger partial charge in [-0.3, -0.25) is 4.79 Å². The highest BCUT2D eigenvalue weighted by molar-refractivity contribution is 6.34. The van der Waals surface area contributed by atoms with Crippen LogP contribution in [0, 0.1) is 0 Å². The van der Waals surface area contributed by atoms with Crippen molar-refractivity contribution in [3.05, 3.63) is 45.7 Å². The van der Waals surface area contributed by atoms with Gasteiger partial charge < -0.3 is 15.4 Å². The Kier molecular flexibility index (Phi) is 4.54. The molecule has 0 saturated carbocycles. The molecule has 23 heavy (non-hydrogen) atoms. The molecule has 1 aliphatic rings. The van der Waals surface area contributed by atoms with E-state index in [2.05, 4.69) is 9.97 Å². The number of amides is 1. The summed E-state index contributed by atoms with van der Waals surface area (Å²) in [6.45, 7) is 0.909. The van der Waals surface area contributed by atoms with Crippen LogP contribution in [0.15, 0.2) is 24.4 Å². The molecule has 3 rings (SSSR count). The van der Waals surface area contributed by atoms with E-state index >= 15 is 0 Å². The molecule has 8 heteroatoms. The van der Waals surface area contributed by atoms with E-state index in [1.807, 2.05) is 0 Å². The average molecular weight is 353 g/mol. The molecule has 0 unspecified atom stereocenters. The number of nitrogens with zero attached hydrogens (tertiary/aromatic N) is 3. The van der Waals surface area contributed by atoms with Gasteiger partial charge in [0.2, 0.25) is 5.95 Å². The lowest BCUT2D eigenvalue weighted by atomic mass is 10.1. The van der Waals surface area contributed by atoms with Crippen LogP contribution in [0.2, 0.25) is 10.0 Å². The number of nitrogens with two attached hydrogens (primary N) is 1. The maximum atomic E-state index is 12.3. The second-order valence-corrected chi connectivity index (χ2v) is 6.03. The average Bonchev–Trinajstić information content (AvgIpc) is 2.51. The number of rotatable bonds is 3. The van der Waals surface area contributed by atoms with Gasteiger partial charge in [0.1, 0.15) is 5.75 Å². The van der Waals surface area contributed by atoms with Crippen LogP contribution in [0.25, 0.3) is 0 Å². The summed E-state index contributed by atoms with van der Waals surface area (Å²) in [6.07, 6.45) is 2.41. The molecule has 0 saturated heterocycles. The predicted molar refractivity (Wildman–Crippen MR) is 87.5 cm³/mol. The standard InChI is InChI=1S/C15H14Cl2N4O2/c16-10-3-11(17)5-12(4-10)23-8-14(22)21-2-1-9-6-19-15(18)20-13(9)7-21/h3-6H,1-2,7-8H2,(H2,18,19,20). The van der Waals surface area contributed by atoms with E-state index in [-0.39, 0.29) is 18.5 Å². The zero-order valence-electron chi connectivity index (χ0n) is 12.1. The number of hydrogen-bond acceptors (Lipinski definition) is 5. The second-order valence-electron chi connectivity index (χ2n) is 5.16. The highest BCUT2D eigenvalue weighted by Gasteiger charge is 2.22. The summed E-state index contributed by atoms with van der Waals surface area (Å²) < 4.78 is 5.48. The van der Waals surface area contributed by atoms with Crippen LogP contribution >= 0.6 is 23.2 Å². The van der Waals surface area contributed by atoms with Gasteiger partial charge in [0.05, 0.1) is 12.2 Å². The lowest BCUT2D eigenvalue weighted by Crippen LogP contribution is -2.39. The molecule has 1 amide bonds. The van der Waals surface area contributed by atoms with E-state index in [4.69, 9.17) is 33.7 Å². The molecule has 1 aliphatic heterocycles. The van der Waals surface area contributed by atoms with Gasteiger partial charge in [-0.15, -0.1) is 0 Å². The normalized spacial score (nSPS) is 13.6. The molecule has 0 bridgehead atoms. The second kappa shape index (κ2) is 6.60. The van der Waals surface area contributed by atoms with Gasteiger partial charge in [-0.2, -0.15) is 0 Å². The monoisotopic (exact) mass is 352 g/mol. The van der Waals surface area contributed by atoms with E-state index in [0.717, 1.165) is 11.3 Å². The predicted octanol–water partition coefficient (Wildman–Crippen LogP) is 2.33. The van der Waals surface area contributed by atoms with Crippen LogP contribution in [0.4, 0.5) is 5.95 Å². The molecular weight excluding hydrogens is 339 g/mol. The number of benzene rings is 1. The molecule has 0 fully saturated rings. The molecule has 0 aliphatic carbocycles. The number of anilines is 1. The Balaban J connectivity index is 1.63. The third-order valence-corrected chi connectivity index (χ3v) is 3.95. The van der Waals surface area contributed by atoms with Crippen LogP contribution in [0.5, 0.6) is 5.75 Å². The summed E-state index contributed by atoms with van der Waals surface area (Å²) in [5, 5.41) is 0.915. The minimum Gasteiger partial charge on any atom is -0.484 e. The molecule has 2 aromatic rings. The van der Waals surface area contributed by atoms with Crippen molar-refractivity contribution in [2.24, 2.45) is 0 Å². The number of fused-ring (bicyclic) bond motifs is 1. The van der Waals surface area contributed by atoms with E-state index in [1.165, 1.54) is 0 Å². The molecule has 6 nitrogen and oxygen atoms in total. The van der Waals surface area contributed by atoms with Crippen LogP contribution in [-0.4, -0.2) is 33.9 Å². The van der Waals surface area contributed by atoms with Crippen molar-refractivity contribution < 1.29 is 9.53 Å². The van der Waals surface area contributed by atoms with E-state index in [0.29, 0.717) is 35.3 Å². The number of carbonyl (C=O) groups is 1. The molecule has 2 heterocycles. The Labute approximate surface area is 143 Å². The largest absolute Gasteiger partial charge is 0.484 e. The van der Waals surface area contributed by atoms with Crippen molar-refractivity contribution in [2.45, 2.75) is 13.0 Å². The molecule has 120 valence electrons. The number of hydrogen-bond donors (Lipinski definition) is 1. The third kappa shape index (κ3) is 3.83. The summed E-state index contributed by atoms with van der Waals surface area (Å²) in [6, 6.07) is 4.82. The van der Waals surface area contributed by atoms with Crippen LogP contribution in [0.3, 0.4) is 0 Å². The molecule has 0 spiro atoms. The van der Waals surface area contributed by atoms with Crippen LogP contribution < -0.4 is 10.5 Å². The Hall–Kier alpha value is -2.05. The Morgan fingerprint density at radius 1 is 1.30 bits per heavy atom. The maximum Gasteiger partial charge on any atom is 0.260 e. The minimum absolute atomic E-state index is 0.0907. The molecule has 1 aromatic carbocycles. The first-order valence-corrected chi connectivity index (χ1v) is 7.74. The zero-order chi connectivity index (χ0) is 16.4. The summed E-state index contributed by atoms with van der Waals surface area (Å²) in [7, 11) is 0. The minimum atomic E-state index is -0.135. The number of carbonyl (C=O) groups excluding carboxylic acids is 1. The van der Waals surface area contributed by atoms with E-state index in [1.54, 1.807) is 29.3 Å². The van der Waals surface area contributed by atoms with Crippen molar-refractivity contribution in [1.82, 2.24) is 14.9 Å². The topological polar surface area (TPSA) is 81.3 Å². The van der Waals surface area contributed by atoms with E-state index in [9.17, 15) is 4.79 Å². The number of ether oxygens (including phenoxy) is 1. The summed E-state index contributed by atoms with van der Waals surface area (Å²) in [5.74, 6) is 0.534. The molecule has 0 radical (unpaired) electrons. The first kappa shape index (κ1) is 15.8. The maximum absolute atomic E-state index is 12.3. The fourth-order valence-corrected chi connectivity index (χ4v) is 2.89. The lowest BCUT2D eigenvalue weighted by Gasteiger charge is -2.27. The van der Waals surface area contributed by atoms with Crippen molar-refractivity contribution in [2.75, 3.05) is 18.9 Å². The van der Waals surface area contributed by atoms with Gasteiger partial charge in [0, 0.05) is 22.8 Å². The van der Waals surface area contributed by atoms with Gasteiger partial charge in [-0.05, 0) is 30.2 Å². The first-order valence-electron chi connectivity index (χ1n) is 6.98. The van der Waals surface area contributed by atoms with Crippen molar-refractivity contribution >= 4 is 35.1 Å². The quantitative estimate of drug-likeness (QED) is 0.916. The summed E-state index contributed by atoms with van der Waals surface area (Å²) >= 11 is 11.8. The molecule has 0 atom stereocenters. The lowest BCUT2D eigenvalue weighted by molar-refractivity contribution is -0.134. The van der Waals surface area contributed by atoms with Gasteiger partial charge >= 0.3 is 0 Å². The van der Waals surface area contributed by atoms with Crippen molar-refractivity contribution in [3.63, 3.8) is 0 Å². The van der Waals surface area contributed by atoms with Gasteiger partial charge in [-0.1, -0.05) is 23.2 Å². The van der Waals surface area contributed by atoms with Gasteiger partial charge in [0.15, 0.2) is 6.61 Å². The fourth-order valence-electron chi connectivity index (χ4n) is 2.38.